The number of aliphatic hydroxyl groups excluding tert-OH is 1. The Hall–Kier alpha value is -1.03. The van der Waals surface area contributed by atoms with Gasteiger partial charge in [0, 0.05) is 25.2 Å². The predicted octanol–water partition coefficient (Wildman–Crippen LogP) is 3.14. The van der Waals surface area contributed by atoms with Gasteiger partial charge >= 0.3 is 5.97 Å². The number of carbonyl (C=O) groups is 1. The number of fused-ring (bicyclic) bond motifs is 2. The zero-order valence-corrected chi connectivity index (χ0v) is 21.2. The second kappa shape index (κ2) is 10.5. The number of hydrogen-bond donors (Lipinski definition) is 1. The van der Waals surface area contributed by atoms with Crippen LogP contribution in [0.3, 0.4) is 0 Å². The number of carbonyl (C=O) groups excluding carboxylic acids is 1. The van der Waals surface area contributed by atoms with Crippen molar-refractivity contribution in [1.82, 2.24) is 0 Å². The maximum absolute atomic E-state index is 11.8. The van der Waals surface area contributed by atoms with Gasteiger partial charge < -0.3 is 33.5 Å². The van der Waals surface area contributed by atoms with Crippen molar-refractivity contribution in [3.8, 4) is 0 Å². The molecule has 0 aromatic rings. The lowest BCUT2D eigenvalue weighted by Gasteiger charge is -2.53. The summed E-state index contributed by atoms with van der Waals surface area (Å²) >= 11 is 0. The highest BCUT2D eigenvalue weighted by Crippen LogP contribution is 2.42. The Bertz CT molecular complexity index is 738. The molecule has 194 valence electrons. The molecule has 0 saturated carbocycles. The number of ether oxygens (including phenoxy) is 6. The van der Waals surface area contributed by atoms with Crippen LogP contribution >= 0.6 is 0 Å². The second-order valence-corrected chi connectivity index (χ2v) is 10.8. The summed E-state index contributed by atoms with van der Waals surface area (Å²) in [5.74, 6) is -0.652. The topological polar surface area (TPSA) is 92.7 Å². The van der Waals surface area contributed by atoms with Crippen LogP contribution in [-0.2, 0) is 33.2 Å². The number of aliphatic hydroxyl groups is 1. The number of esters is 1. The van der Waals surface area contributed by atoms with Crippen molar-refractivity contribution in [2.24, 2.45) is 11.8 Å². The standard InChI is InChI=1S/C26H42O8/c1-7-29-23(27)9-8-17-10-14(2)15(3)18(31-17)11-20-24(28)16(4)25-21(32-20)12-19-22(33-25)13-30-26(5,6)34-19/h14,16-22,24-25,28H,3,7-13H2,1-2,4-6H3/t14-,16-,17+,18?,19-,20?,21+,22-,24-,25+/m1/s1. The highest BCUT2D eigenvalue weighted by molar-refractivity contribution is 5.69. The Balaban J connectivity index is 1.38. The van der Waals surface area contributed by atoms with Crippen LogP contribution in [-0.4, -0.2) is 78.9 Å². The molecule has 4 fully saturated rings. The molecule has 4 rings (SSSR count). The molecule has 0 radical (unpaired) electrons. The van der Waals surface area contributed by atoms with E-state index >= 15 is 0 Å². The van der Waals surface area contributed by atoms with E-state index in [0.717, 1.165) is 12.0 Å². The van der Waals surface area contributed by atoms with Gasteiger partial charge in [-0.05, 0) is 45.1 Å². The van der Waals surface area contributed by atoms with Gasteiger partial charge in [0.2, 0.25) is 0 Å². The Morgan fingerprint density at radius 1 is 1.15 bits per heavy atom. The fourth-order valence-electron chi connectivity index (χ4n) is 5.83. The highest BCUT2D eigenvalue weighted by Gasteiger charge is 2.52. The second-order valence-electron chi connectivity index (χ2n) is 10.8. The van der Waals surface area contributed by atoms with Crippen molar-refractivity contribution in [1.29, 1.82) is 0 Å². The number of hydrogen-bond acceptors (Lipinski definition) is 8. The van der Waals surface area contributed by atoms with E-state index in [-0.39, 0.29) is 60.5 Å². The molecular formula is C26H42O8. The maximum atomic E-state index is 11.8. The van der Waals surface area contributed by atoms with Crippen LogP contribution < -0.4 is 0 Å². The lowest BCUT2D eigenvalue weighted by molar-refractivity contribution is -0.355. The molecule has 8 heteroatoms. The van der Waals surface area contributed by atoms with Crippen LogP contribution in [0.25, 0.3) is 0 Å². The van der Waals surface area contributed by atoms with Gasteiger partial charge in [-0.2, -0.15) is 0 Å². The predicted molar refractivity (Wildman–Crippen MR) is 124 cm³/mol. The van der Waals surface area contributed by atoms with E-state index in [1.54, 1.807) is 0 Å². The third-order valence-corrected chi connectivity index (χ3v) is 7.84. The molecule has 0 aromatic heterocycles. The fourth-order valence-corrected chi connectivity index (χ4v) is 5.83. The fraction of sp³-hybridized carbons (Fsp3) is 0.885. The van der Waals surface area contributed by atoms with E-state index in [1.807, 2.05) is 27.7 Å². The van der Waals surface area contributed by atoms with Crippen LogP contribution in [0.15, 0.2) is 12.2 Å². The minimum atomic E-state index is -0.675. The van der Waals surface area contributed by atoms with Gasteiger partial charge in [-0.25, -0.2) is 0 Å². The molecule has 2 unspecified atom stereocenters. The van der Waals surface area contributed by atoms with E-state index < -0.39 is 11.9 Å². The number of rotatable bonds is 6. The summed E-state index contributed by atoms with van der Waals surface area (Å²) < 4.78 is 36.1. The smallest absolute Gasteiger partial charge is 0.305 e. The molecule has 0 aliphatic carbocycles. The Kier molecular flexibility index (Phi) is 8.06. The van der Waals surface area contributed by atoms with E-state index in [4.69, 9.17) is 28.4 Å². The summed E-state index contributed by atoms with van der Waals surface area (Å²) in [7, 11) is 0. The summed E-state index contributed by atoms with van der Waals surface area (Å²) in [5, 5.41) is 11.1. The van der Waals surface area contributed by atoms with Crippen molar-refractivity contribution in [2.75, 3.05) is 13.2 Å². The lowest BCUT2D eigenvalue weighted by atomic mass is 9.79. The summed E-state index contributed by atoms with van der Waals surface area (Å²) in [4.78, 5) is 11.8. The summed E-state index contributed by atoms with van der Waals surface area (Å²) in [6.07, 6.45) is 1.09. The zero-order chi connectivity index (χ0) is 24.6. The van der Waals surface area contributed by atoms with Gasteiger partial charge in [-0.3, -0.25) is 4.79 Å². The van der Waals surface area contributed by atoms with Gasteiger partial charge in [0.05, 0.1) is 55.9 Å². The highest BCUT2D eigenvalue weighted by atomic mass is 16.7. The quantitative estimate of drug-likeness (QED) is 0.456. The molecular weight excluding hydrogens is 440 g/mol. The normalized spacial score (nSPS) is 44.1. The molecule has 1 N–H and O–H groups in total. The average Bonchev–Trinajstić information content (AvgIpc) is 2.77. The zero-order valence-electron chi connectivity index (χ0n) is 21.2. The van der Waals surface area contributed by atoms with Gasteiger partial charge in [0.15, 0.2) is 5.79 Å². The average molecular weight is 483 g/mol. The van der Waals surface area contributed by atoms with Crippen molar-refractivity contribution in [3.05, 3.63) is 12.2 Å². The van der Waals surface area contributed by atoms with Crippen molar-refractivity contribution in [3.63, 3.8) is 0 Å². The summed E-state index contributed by atoms with van der Waals surface area (Å²) in [6, 6.07) is 0. The lowest BCUT2D eigenvalue weighted by Crippen LogP contribution is -2.63. The van der Waals surface area contributed by atoms with Crippen LogP contribution in [0.4, 0.5) is 0 Å². The molecule has 0 aromatic carbocycles. The summed E-state index contributed by atoms with van der Waals surface area (Å²) in [6.45, 7) is 15.0. The first-order valence-electron chi connectivity index (χ1n) is 12.9. The molecule has 10 atom stereocenters. The Labute approximate surface area is 203 Å². The van der Waals surface area contributed by atoms with Gasteiger partial charge in [0.1, 0.15) is 6.10 Å². The molecule has 4 heterocycles. The van der Waals surface area contributed by atoms with Crippen LogP contribution in [0, 0.1) is 11.8 Å². The van der Waals surface area contributed by atoms with Crippen molar-refractivity contribution < 1.29 is 38.3 Å². The first-order chi connectivity index (χ1) is 16.1. The Morgan fingerprint density at radius 2 is 1.91 bits per heavy atom. The minimum Gasteiger partial charge on any atom is -0.466 e. The molecule has 4 aliphatic heterocycles. The van der Waals surface area contributed by atoms with E-state index in [0.29, 0.717) is 38.9 Å². The van der Waals surface area contributed by atoms with Crippen LogP contribution in [0.1, 0.15) is 66.7 Å². The molecule has 0 spiro atoms. The first-order valence-corrected chi connectivity index (χ1v) is 12.9. The van der Waals surface area contributed by atoms with Crippen molar-refractivity contribution in [2.45, 2.75) is 121 Å². The van der Waals surface area contributed by atoms with Crippen LogP contribution in [0.2, 0.25) is 0 Å². The third-order valence-electron chi connectivity index (χ3n) is 7.84. The largest absolute Gasteiger partial charge is 0.466 e. The molecule has 8 nitrogen and oxygen atoms in total. The van der Waals surface area contributed by atoms with Gasteiger partial charge in [-0.1, -0.05) is 20.4 Å². The van der Waals surface area contributed by atoms with E-state index in [1.165, 1.54) is 0 Å². The SMILES string of the molecule is C=C1C(CC2O[C@H]3C[C@H]4OC(C)(C)OC[C@H]4O[C@H]3[C@H](C)[C@H]2O)O[C@@H](CCC(=O)OCC)C[C@H]1C. The first kappa shape index (κ1) is 26.0. The van der Waals surface area contributed by atoms with Gasteiger partial charge in [-0.15, -0.1) is 0 Å². The van der Waals surface area contributed by atoms with E-state index in [9.17, 15) is 9.90 Å². The molecule has 34 heavy (non-hydrogen) atoms. The maximum Gasteiger partial charge on any atom is 0.305 e. The molecule has 4 saturated heterocycles. The monoisotopic (exact) mass is 482 g/mol. The molecule has 0 amide bonds. The third kappa shape index (κ3) is 5.68. The summed E-state index contributed by atoms with van der Waals surface area (Å²) in [5.41, 5.74) is 1.02. The molecule has 4 aliphatic rings. The van der Waals surface area contributed by atoms with Crippen molar-refractivity contribution >= 4 is 5.97 Å². The van der Waals surface area contributed by atoms with Gasteiger partial charge in [0.25, 0.3) is 0 Å². The molecule has 0 bridgehead atoms. The minimum absolute atomic E-state index is 0.0440. The Morgan fingerprint density at radius 3 is 2.65 bits per heavy atom. The van der Waals surface area contributed by atoms with Crippen LogP contribution in [0.5, 0.6) is 0 Å². The van der Waals surface area contributed by atoms with E-state index in [2.05, 4.69) is 13.5 Å².